The van der Waals surface area contributed by atoms with E-state index in [1.54, 1.807) is 0 Å². The van der Waals surface area contributed by atoms with E-state index in [1.807, 2.05) is 6.92 Å². The van der Waals surface area contributed by atoms with Crippen LogP contribution in [0.25, 0.3) is 0 Å². The van der Waals surface area contributed by atoms with Gasteiger partial charge in [-0.1, -0.05) is 20.3 Å². The number of rotatable bonds is 4. The van der Waals surface area contributed by atoms with Crippen molar-refractivity contribution < 1.29 is 4.43 Å². The molecule has 4 atom stereocenters. The van der Waals surface area contributed by atoms with Gasteiger partial charge in [0.05, 0.1) is 6.17 Å². The van der Waals surface area contributed by atoms with Gasteiger partial charge in [0.15, 0.2) is 0 Å². The predicted octanol–water partition coefficient (Wildman–Crippen LogP) is 2.22. The molecule has 1 aliphatic heterocycles. The summed E-state index contributed by atoms with van der Waals surface area (Å²) in [5.41, 5.74) is 6.35. The molecular formula is C12H28N2OSi. The fraction of sp³-hybridized carbons (Fsp3) is 1.00. The van der Waals surface area contributed by atoms with Crippen LogP contribution in [-0.4, -0.2) is 26.3 Å². The van der Waals surface area contributed by atoms with Crippen LogP contribution in [0.4, 0.5) is 0 Å². The van der Waals surface area contributed by atoms with Crippen LogP contribution in [0.3, 0.4) is 0 Å². The Morgan fingerprint density at radius 1 is 1.38 bits per heavy atom. The van der Waals surface area contributed by atoms with Gasteiger partial charge in [-0.3, -0.25) is 5.32 Å². The summed E-state index contributed by atoms with van der Waals surface area (Å²) >= 11 is 0. The van der Waals surface area contributed by atoms with E-state index in [-0.39, 0.29) is 6.17 Å². The molecule has 0 radical (unpaired) electrons. The monoisotopic (exact) mass is 244 g/mol. The largest absolute Gasteiger partial charge is 0.413 e. The summed E-state index contributed by atoms with van der Waals surface area (Å²) in [7, 11) is -1.65. The third-order valence-corrected chi connectivity index (χ3v) is 7.96. The minimum atomic E-state index is -1.65. The molecule has 4 heteroatoms. The molecule has 4 unspecified atom stereocenters. The van der Waals surface area contributed by atoms with Crippen molar-refractivity contribution in [2.24, 2.45) is 11.7 Å². The van der Waals surface area contributed by atoms with Crippen molar-refractivity contribution in [1.29, 1.82) is 0 Å². The summed E-state index contributed by atoms with van der Waals surface area (Å²) in [6.07, 6.45) is 3.01. The summed E-state index contributed by atoms with van der Waals surface area (Å²) in [5.74, 6) is 0.591. The third-order valence-electron chi connectivity index (χ3n) is 3.52. The molecule has 3 nitrogen and oxygen atoms in total. The van der Waals surface area contributed by atoms with Crippen molar-refractivity contribution in [2.75, 3.05) is 0 Å². The van der Waals surface area contributed by atoms with Gasteiger partial charge in [0.25, 0.3) is 0 Å². The maximum atomic E-state index is 6.32. The fourth-order valence-corrected chi connectivity index (χ4v) is 7.45. The molecule has 16 heavy (non-hydrogen) atoms. The van der Waals surface area contributed by atoms with Crippen molar-refractivity contribution in [1.82, 2.24) is 5.32 Å². The van der Waals surface area contributed by atoms with Gasteiger partial charge in [-0.15, -0.1) is 0 Å². The number of nitrogens with one attached hydrogen (secondary N) is 1. The Morgan fingerprint density at radius 2 is 2.00 bits per heavy atom. The average molecular weight is 244 g/mol. The highest BCUT2D eigenvalue weighted by Gasteiger charge is 2.43. The van der Waals surface area contributed by atoms with Crippen LogP contribution in [0.5, 0.6) is 0 Å². The first-order valence-corrected chi connectivity index (χ1v) is 9.24. The Balaban J connectivity index is 2.74. The van der Waals surface area contributed by atoms with E-state index >= 15 is 0 Å². The Kier molecular flexibility index (Phi) is 4.98. The molecule has 0 aromatic carbocycles. The van der Waals surface area contributed by atoms with Crippen LogP contribution in [-0.2, 0) is 4.43 Å². The molecular weight excluding hydrogens is 216 g/mol. The average Bonchev–Trinajstić information content (AvgIpc) is 2.12. The maximum Gasteiger partial charge on any atom is 0.206 e. The lowest BCUT2D eigenvalue weighted by Crippen LogP contribution is -2.63. The molecule has 1 heterocycles. The maximum absolute atomic E-state index is 6.32. The first-order chi connectivity index (χ1) is 7.35. The first-order valence-electron chi connectivity index (χ1n) is 6.54. The van der Waals surface area contributed by atoms with Gasteiger partial charge in [0, 0.05) is 11.8 Å². The van der Waals surface area contributed by atoms with E-state index in [0.29, 0.717) is 17.7 Å². The molecule has 0 spiro atoms. The molecule has 3 N–H and O–H groups in total. The third kappa shape index (κ3) is 3.55. The highest BCUT2D eigenvalue weighted by atomic mass is 28.4. The molecule has 0 saturated carbocycles. The molecule has 0 amide bonds. The fourth-order valence-electron chi connectivity index (χ4n) is 2.90. The lowest BCUT2D eigenvalue weighted by atomic mass is 10.2. The molecule has 0 aliphatic carbocycles. The van der Waals surface area contributed by atoms with Crippen molar-refractivity contribution >= 4 is 8.32 Å². The van der Waals surface area contributed by atoms with Gasteiger partial charge in [-0.05, 0) is 38.8 Å². The topological polar surface area (TPSA) is 47.3 Å². The molecule has 0 bridgehead atoms. The summed E-state index contributed by atoms with van der Waals surface area (Å²) in [5, 5.41) is 3.52. The molecule has 0 aromatic rings. The molecule has 1 aliphatic rings. The Morgan fingerprint density at radius 3 is 2.44 bits per heavy atom. The van der Waals surface area contributed by atoms with Gasteiger partial charge >= 0.3 is 0 Å². The number of nitrogens with two attached hydrogens (primary N) is 1. The number of hydrogen-bond acceptors (Lipinski definition) is 3. The summed E-state index contributed by atoms with van der Waals surface area (Å²) < 4.78 is 6.32. The van der Waals surface area contributed by atoms with Crippen LogP contribution >= 0.6 is 0 Å². The first kappa shape index (κ1) is 14.2. The summed E-state index contributed by atoms with van der Waals surface area (Å²) in [6.45, 7) is 11.1. The van der Waals surface area contributed by atoms with Gasteiger partial charge in [-0.25, -0.2) is 0 Å². The molecule has 0 aromatic heterocycles. The van der Waals surface area contributed by atoms with Crippen LogP contribution in [0.1, 0.15) is 40.5 Å². The molecule has 1 saturated heterocycles. The van der Waals surface area contributed by atoms with Crippen molar-refractivity contribution in [3.63, 3.8) is 0 Å². The predicted molar refractivity (Wildman–Crippen MR) is 71.6 cm³/mol. The highest BCUT2D eigenvalue weighted by Crippen LogP contribution is 2.31. The molecule has 96 valence electrons. The Hall–Kier alpha value is 0.0969. The van der Waals surface area contributed by atoms with Gasteiger partial charge < -0.3 is 10.2 Å². The SMILES string of the molecule is CC(N)NC(C(C)C)[Si]1(C)CCCC(C)O1. The second-order valence-corrected chi connectivity index (χ2v) is 9.79. The minimum absolute atomic E-state index is 0.0533. The Labute approximate surface area is 101 Å². The molecule has 1 fully saturated rings. The second kappa shape index (κ2) is 5.62. The van der Waals surface area contributed by atoms with E-state index in [1.165, 1.54) is 18.9 Å². The van der Waals surface area contributed by atoms with Crippen LogP contribution < -0.4 is 11.1 Å². The van der Waals surface area contributed by atoms with Gasteiger partial charge in [0.1, 0.15) is 0 Å². The van der Waals surface area contributed by atoms with E-state index in [0.717, 1.165) is 0 Å². The second-order valence-electron chi connectivity index (χ2n) is 5.81. The number of hydrogen-bond donors (Lipinski definition) is 2. The van der Waals surface area contributed by atoms with Crippen LogP contribution in [0.2, 0.25) is 12.6 Å². The van der Waals surface area contributed by atoms with E-state index in [2.05, 4.69) is 32.6 Å². The standard InChI is InChI=1S/C12H28N2OSi/c1-9(2)12(14-11(4)13)16(5)8-6-7-10(3)15-16/h9-12,14H,6-8,13H2,1-5H3. The van der Waals surface area contributed by atoms with Crippen molar-refractivity contribution in [3.8, 4) is 0 Å². The quantitative estimate of drug-likeness (QED) is 0.589. The van der Waals surface area contributed by atoms with Crippen LogP contribution in [0, 0.1) is 5.92 Å². The van der Waals surface area contributed by atoms with Gasteiger partial charge in [-0.2, -0.15) is 0 Å². The van der Waals surface area contributed by atoms with Gasteiger partial charge in [0.2, 0.25) is 8.32 Å². The minimum Gasteiger partial charge on any atom is -0.413 e. The normalized spacial score (nSPS) is 35.1. The Bertz CT molecular complexity index is 223. The van der Waals surface area contributed by atoms with Crippen LogP contribution in [0.15, 0.2) is 0 Å². The zero-order valence-electron chi connectivity index (χ0n) is 11.4. The van der Waals surface area contributed by atoms with E-state index in [9.17, 15) is 0 Å². The smallest absolute Gasteiger partial charge is 0.206 e. The lowest BCUT2D eigenvalue weighted by Gasteiger charge is -2.44. The van der Waals surface area contributed by atoms with Crippen molar-refractivity contribution in [2.45, 2.75) is 71.1 Å². The van der Waals surface area contributed by atoms with E-state index in [4.69, 9.17) is 10.2 Å². The molecule has 1 rings (SSSR count). The zero-order chi connectivity index (χ0) is 12.3. The lowest BCUT2D eigenvalue weighted by molar-refractivity contribution is 0.162. The highest BCUT2D eigenvalue weighted by molar-refractivity contribution is 6.74. The summed E-state index contributed by atoms with van der Waals surface area (Å²) in [4.78, 5) is 0. The summed E-state index contributed by atoms with van der Waals surface area (Å²) in [6, 6.07) is 1.26. The van der Waals surface area contributed by atoms with Crippen molar-refractivity contribution in [3.05, 3.63) is 0 Å². The zero-order valence-corrected chi connectivity index (χ0v) is 12.4. The van der Waals surface area contributed by atoms with E-state index < -0.39 is 8.32 Å².